The molecule has 0 bridgehead atoms. The molecule has 6 heteroatoms. The third-order valence-electron chi connectivity index (χ3n) is 5.18. The van der Waals surface area contributed by atoms with Crippen molar-refractivity contribution in [2.24, 2.45) is 0 Å². The van der Waals surface area contributed by atoms with Crippen molar-refractivity contribution in [1.82, 2.24) is 15.1 Å². The molecule has 1 aromatic carbocycles. The Hall–Kier alpha value is -2.31. The molecule has 0 amide bonds. The summed E-state index contributed by atoms with van der Waals surface area (Å²) in [7, 11) is 0. The van der Waals surface area contributed by atoms with Crippen LogP contribution in [0.25, 0.3) is 10.4 Å². The van der Waals surface area contributed by atoms with E-state index >= 15 is 0 Å². The average molecular weight is 384 g/mol. The van der Waals surface area contributed by atoms with E-state index in [1.165, 1.54) is 15.3 Å². The number of aromatic hydroxyl groups is 1. The van der Waals surface area contributed by atoms with Crippen molar-refractivity contribution < 1.29 is 9.84 Å². The number of aromatic amines is 1. The molecular formula is C21H25N3O2S. The molecule has 0 saturated heterocycles. The molecule has 3 aromatic rings. The molecule has 0 radical (unpaired) electrons. The zero-order valence-corrected chi connectivity index (χ0v) is 16.8. The summed E-state index contributed by atoms with van der Waals surface area (Å²) in [6.45, 7) is 9.36. The van der Waals surface area contributed by atoms with Crippen molar-refractivity contribution in [3.8, 4) is 21.9 Å². The molecule has 1 aliphatic rings. The van der Waals surface area contributed by atoms with Crippen molar-refractivity contribution in [1.29, 1.82) is 0 Å². The summed E-state index contributed by atoms with van der Waals surface area (Å²) in [5, 5.41) is 17.9. The molecule has 4 rings (SSSR count). The standard InChI is InChI=1S/C21H25N3O2S/c1-13-4-5-20(27-13)16-10-17-12-24(8-9-26-21(17)19(25)11-16)7-6-18-14(2)22-23-15(18)3/h4-5,10-11,25H,6-9,12H2,1-3H3,(H,22,23). The smallest absolute Gasteiger partial charge is 0.165 e. The van der Waals surface area contributed by atoms with Gasteiger partial charge in [0.05, 0.1) is 5.69 Å². The Morgan fingerprint density at radius 3 is 2.81 bits per heavy atom. The highest BCUT2D eigenvalue weighted by molar-refractivity contribution is 7.15. The highest BCUT2D eigenvalue weighted by atomic mass is 32.1. The lowest BCUT2D eigenvalue weighted by molar-refractivity contribution is 0.225. The predicted octanol–water partition coefficient (Wildman–Crippen LogP) is 4.21. The second-order valence-electron chi connectivity index (χ2n) is 7.18. The van der Waals surface area contributed by atoms with Crippen molar-refractivity contribution >= 4 is 11.3 Å². The lowest BCUT2D eigenvalue weighted by atomic mass is 10.1. The summed E-state index contributed by atoms with van der Waals surface area (Å²) in [5.74, 6) is 0.863. The number of phenols is 1. The fourth-order valence-corrected chi connectivity index (χ4v) is 4.54. The number of benzene rings is 1. The molecule has 27 heavy (non-hydrogen) atoms. The molecule has 5 nitrogen and oxygen atoms in total. The SMILES string of the molecule is Cc1ccc(-c2cc(O)c3c(c2)CN(CCc2c(C)n[nH]c2C)CCO3)s1. The number of aryl methyl sites for hydroxylation is 3. The van der Waals surface area contributed by atoms with Gasteiger partial charge < -0.3 is 9.84 Å². The molecule has 0 atom stereocenters. The molecule has 0 spiro atoms. The van der Waals surface area contributed by atoms with Crippen molar-refractivity contribution in [3.05, 3.63) is 51.7 Å². The lowest BCUT2D eigenvalue weighted by Crippen LogP contribution is -2.28. The zero-order valence-electron chi connectivity index (χ0n) is 16.0. The highest BCUT2D eigenvalue weighted by Crippen LogP contribution is 2.39. The maximum absolute atomic E-state index is 10.5. The summed E-state index contributed by atoms with van der Waals surface area (Å²) in [6, 6.07) is 8.20. The third-order valence-corrected chi connectivity index (χ3v) is 6.23. The van der Waals surface area contributed by atoms with Crippen LogP contribution in [0, 0.1) is 20.8 Å². The summed E-state index contributed by atoms with van der Waals surface area (Å²) in [6.07, 6.45) is 0.958. The minimum Gasteiger partial charge on any atom is -0.504 e. The van der Waals surface area contributed by atoms with Crippen molar-refractivity contribution in [2.75, 3.05) is 19.7 Å². The fraction of sp³-hybridized carbons (Fsp3) is 0.381. The second-order valence-corrected chi connectivity index (χ2v) is 8.47. The summed E-state index contributed by atoms with van der Waals surface area (Å²) >= 11 is 1.74. The number of phenolic OH excluding ortho intramolecular Hbond substituents is 1. The number of thiophene rings is 1. The number of H-pyrrole nitrogens is 1. The third kappa shape index (κ3) is 3.73. The minimum atomic E-state index is 0.233. The number of fused-ring (bicyclic) bond motifs is 1. The van der Waals surface area contributed by atoms with Gasteiger partial charge in [-0.05, 0) is 62.6 Å². The van der Waals surface area contributed by atoms with Crippen LogP contribution in [0.1, 0.15) is 27.4 Å². The van der Waals surface area contributed by atoms with Crippen LogP contribution < -0.4 is 4.74 Å². The number of hydrogen-bond donors (Lipinski definition) is 2. The van der Waals surface area contributed by atoms with Crippen molar-refractivity contribution in [3.63, 3.8) is 0 Å². The Morgan fingerprint density at radius 1 is 1.26 bits per heavy atom. The molecule has 0 aliphatic carbocycles. The number of aromatic nitrogens is 2. The van der Waals surface area contributed by atoms with E-state index in [2.05, 4.69) is 47.1 Å². The molecule has 2 N–H and O–H groups in total. The van der Waals surface area contributed by atoms with Gasteiger partial charge in [-0.15, -0.1) is 11.3 Å². The van der Waals surface area contributed by atoms with Gasteiger partial charge in [-0.3, -0.25) is 10.00 Å². The normalized spacial score (nSPS) is 14.6. The molecular weight excluding hydrogens is 358 g/mol. The highest BCUT2D eigenvalue weighted by Gasteiger charge is 2.20. The van der Waals surface area contributed by atoms with Gasteiger partial charge in [0.2, 0.25) is 0 Å². The van der Waals surface area contributed by atoms with Gasteiger partial charge in [0.1, 0.15) is 6.61 Å². The van der Waals surface area contributed by atoms with Gasteiger partial charge in [-0.2, -0.15) is 5.10 Å². The Kier molecular flexibility index (Phi) is 4.93. The molecule has 0 unspecified atom stereocenters. The monoisotopic (exact) mass is 383 g/mol. The quantitative estimate of drug-likeness (QED) is 0.709. The van der Waals surface area contributed by atoms with Crippen LogP contribution in [-0.4, -0.2) is 39.9 Å². The first-order valence-corrected chi connectivity index (χ1v) is 10.1. The summed E-state index contributed by atoms with van der Waals surface area (Å²) < 4.78 is 5.88. The van der Waals surface area contributed by atoms with Crippen LogP contribution in [0.15, 0.2) is 24.3 Å². The average Bonchev–Trinajstić information content (AvgIpc) is 3.12. The molecule has 0 saturated carbocycles. The summed E-state index contributed by atoms with van der Waals surface area (Å²) in [5.41, 5.74) is 5.62. The first-order chi connectivity index (χ1) is 13.0. The number of hydrogen-bond acceptors (Lipinski definition) is 5. The molecule has 2 aromatic heterocycles. The molecule has 0 fully saturated rings. The number of nitrogens with zero attached hydrogens (tertiary/aromatic N) is 2. The Morgan fingerprint density at radius 2 is 2.11 bits per heavy atom. The van der Waals surface area contributed by atoms with Crippen LogP contribution in [0.3, 0.4) is 0 Å². The lowest BCUT2D eigenvalue weighted by Gasteiger charge is -2.19. The van der Waals surface area contributed by atoms with E-state index in [-0.39, 0.29) is 5.75 Å². The van der Waals surface area contributed by atoms with Gasteiger partial charge >= 0.3 is 0 Å². The Labute approximate surface area is 163 Å². The largest absolute Gasteiger partial charge is 0.504 e. The zero-order chi connectivity index (χ0) is 19.0. The maximum atomic E-state index is 10.5. The van der Waals surface area contributed by atoms with E-state index in [1.54, 1.807) is 11.3 Å². The Balaban J connectivity index is 1.56. The maximum Gasteiger partial charge on any atom is 0.165 e. The topological polar surface area (TPSA) is 61.4 Å². The van der Waals surface area contributed by atoms with Crippen LogP contribution in [-0.2, 0) is 13.0 Å². The molecule has 142 valence electrons. The van der Waals surface area contributed by atoms with E-state index in [0.717, 1.165) is 48.6 Å². The van der Waals surface area contributed by atoms with Gasteiger partial charge in [0.15, 0.2) is 11.5 Å². The minimum absolute atomic E-state index is 0.233. The number of ether oxygens (including phenoxy) is 1. The predicted molar refractivity (Wildman–Crippen MR) is 109 cm³/mol. The first kappa shape index (κ1) is 18.1. The van der Waals surface area contributed by atoms with E-state index < -0.39 is 0 Å². The second kappa shape index (κ2) is 7.37. The van der Waals surface area contributed by atoms with Gasteiger partial charge in [0.25, 0.3) is 0 Å². The van der Waals surface area contributed by atoms with Gasteiger partial charge in [-0.25, -0.2) is 0 Å². The van der Waals surface area contributed by atoms with E-state index in [1.807, 2.05) is 13.0 Å². The fourth-order valence-electron chi connectivity index (χ4n) is 3.69. The number of rotatable bonds is 4. The van der Waals surface area contributed by atoms with Crippen LogP contribution >= 0.6 is 11.3 Å². The summed E-state index contributed by atoms with van der Waals surface area (Å²) in [4.78, 5) is 4.83. The van der Waals surface area contributed by atoms with Crippen LogP contribution in [0.5, 0.6) is 11.5 Å². The first-order valence-electron chi connectivity index (χ1n) is 9.29. The van der Waals surface area contributed by atoms with E-state index in [4.69, 9.17) is 4.74 Å². The van der Waals surface area contributed by atoms with Gasteiger partial charge in [0, 0.05) is 40.6 Å². The molecule has 3 heterocycles. The van der Waals surface area contributed by atoms with Crippen LogP contribution in [0.4, 0.5) is 0 Å². The van der Waals surface area contributed by atoms with Crippen molar-refractivity contribution in [2.45, 2.75) is 33.7 Å². The molecule has 1 aliphatic heterocycles. The Bertz CT molecular complexity index is 941. The van der Waals surface area contributed by atoms with Crippen LogP contribution in [0.2, 0.25) is 0 Å². The van der Waals surface area contributed by atoms with E-state index in [0.29, 0.717) is 12.4 Å². The number of nitrogens with one attached hydrogen (secondary N) is 1. The van der Waals surface area contributed by atoms with Gasteiger partial charge in [-0.1, -0.05) is 0 Å². The van der Waals surface area contributed by atoms with E-state index in [9.17, 15) is 5.11 Å².